The average molecular weight is 290 g/mol. The molecule has 0 spiro atoms. The van der Waals surface area contributed by atoms with Gasteiger partial charge >= 0.3 is 6.18 Å². The summed E-state index contributed by atoms with van der Waals surface area (Å²) in [4.78, 5) is 1.78. The molecular weight excluding hydrogens is 272 g/mol. The summed E-state index contributed by atoms with van der Waals surface area (Å²) in [7, 11) is 0. The van der Waals surface area contributed by atoms with Gasteiger partial charge in [-0.2, -0.15) is 13.2 Å². The molecular formula is C14H18F4N2. The van der Waals surface area contributed by atoms with E-state index in [1.165, 1.54) is 6.07 Å². The highest BCUT2D eigenvalue weighted by atomic mass is 19.4. The maximum absolute atomic E-state index is 13.9. The van der Waals surface area contributed by atoms with Crippen LogP contribution < -0.4 is 10.2 Å². The lowest BCUT2D eigenvalue weighted by atomic mass is 10.1. The molecule has 20 heavy (non-hydrogen) atoms. The maximum atomic E-state index is 13.9. The van der Waals surface area contributed by atoms with E-state index in [2.05, 4.69) is 5.32 Å². The van der Waals surface area contributed by atoms with Gasteiger partial charge < -0.3 is 10.2 Å². The van der Waals surface area contributed by atoms with Crippen molar-refractivity contribution in [3.8, 4) is 0 Å². The first kappa shape index (κ1) is 15.1. The minimum atomic E-state index is -4.51. The van der Waals surface area contributed by atoms with Gasteiger partial charge in [0.2, 0.25) is 0 Å². The predicted octanol–water partition coefficient (Wildman–Crippen LogP) is 3.42. The molecule has 0 aromatic heterocycles. The Kier molecular flexibility index (Phi) is 4.52. The van der Waals surface area contributed by atoms with Crippen molar-refractivity contribution in [2.75, 3.05) is 24.5 Å². The van der Waals surface area contributed by atoms with Crippen LogP contribution in [0.15, 0.2) is 18.2 Å². The molecule has 1 aromatic carbocycles. The van der Waals surface area contributed by atoms with Crippen LogP contribution in [-0.4, -0.2) is 25.7 Å². The van der Waals surface area contributed by atoms with Crippen molar-refractivity contribution in [3.05, 3.63) is 29.6 Å². The molecule has 112 valence electrons. The second-order valence-corrected chi connectivity index (χ2v) is 5.00. The molecule has 1 unspecified atom stereocenters. The Hall–Kier alpha value is -1.30. The third kappa shape index (κ3) is 3.42. The first-order valence-electron chi connectivity index (χ1n) is 6.77. The minimum Gasteiger partial charge on any atom is -0.368 e. The number of benzene rings is 1. The average Bonchev–Trinajstić information content (AvgIpc) is 2.88. The van der Waals surface area contributed by atoms with Gasteiger partial charge in [-0.1, -0.05) is 0 Å². The van der Waals surface area contributed by atoms with E-state index in [-0.39, 0.29) is 11.7 Å². The van der Waals surface area contributed by atoms with E-state index in [1.807, 2.05) is 6.92 Å². The molecule has 2 rings (SSSR count). The Bertz CT molecular complexity index is 453. The van der Waals surface area contributed by atoms with Crippen LogP contribution in [0.5, 0.6) is 0 Å². The van der Waals surface area contributed by atoms with Crippen LogP contribution in [-0.2, 0) is 6.18 Å². The lowest BCUT2D eigenvalue weighted by Crippen LogP contribution is -2.38. The number of alkyl halides is 3. The fraction of sp³-hybridized carbons (Fsp3) is 0.571. The Morgan fingerprint density at radius 1 is 1.35 bits per heavy atom. The number of hydrogen-bond acceptors (Lipinski definition) is 2. The number of halogens is 4. The quantitative estimate of drug-likeness (QED) is 0.855. The van der Waals surface area contributed by atoms with Crippen molar-refractivity contribution in [1.82, 2.24) is 5.32 Å². The standard InChI is InChI=1S/C14H18F4N2/c1-2-20(9-11-4-3-7-19-11)13-6-5-10(8-12(13)15)14(16,17)18/h5-6,8,11,19H,2-4,7,9H2,1H3. The van der Waals surface area contributed by atoms with Crippen LogP contribution >= 0.6 is 0 Å². The normalized spacial score (nSPS) is 19.4. The third-order valence-corrected chi connectivity index (χ3v) is 3.60. The molecule has 1 fully saturated rings. The van der Waals surface area contributed by atoms with E-state index in [0.29, 0.717) is 19.2 Å². The lowest BCUT2D eigenvalue weighted by molar-refractivity contribution is -0.137. The second kappa shape index (κ2) is 5.99. The van der Waals surface area contributed by atoms with Gasteiger partial charge in [0.05, 0.1) is 11.3 Å². The monoisotopic (exact) mass is 290 g/mol. The van der Waals surface area contributed by atoms with Crippen molar-refractivity contribution in [1.29, 1.82) is 0 Å². The molecule has 0 amide bonds. The van der Waals surface area contributed by atoms with E-state index in [9.17, 15) is 17.6 Å². The summed E-state index contributed by atoms with van der Waals surface area (Å²) in [6.45, 7) is 3.98. The molecule has 1 heterocycles. The molecule has 0 saturated carbocycles. The van der Waals surface area contributed by atoms with Gasteiger partial charge in [-0.25, -0.2) is 4.39 Å². The maximum Gasteiger partial charge on any atom is 0.416 e. The Balaban J connectivity index is 2.17. The molecule has 6 heteroatoms. The highest BCUT2D eigenvalue weighted by Crippen LogP contribution is 2.32. The zero-order valence-electron chi connectivity index (χ0n) is 11.3. The summed E-state index contributed by atoms with van der Waals surface area (Å²) in [6.07, 6.45) is -2.42. The van der Waals surface area contributed by atoms with Crippen LogP contribution in [0.4, 0.5) is 23.2 Å². The summed E-state index contributed by atoms with van der Waals surface area (Å²) in [6, 6.07) is 3.00. The van der Waals surface area contributed by atoms with Gasteiger partial charge in [-0.15, -0.1) is 0 Å². The number of hydrogen-bond donors (Lipinski definition) is 1. The van der Waals surface area contributed by atoms with Crippen molar-refractivity contribution in [2.45, 2.75) is 32.0 Å². The fourth-order valence-electron chi connectivity index (χ4n) is 2.52. The van der Waals surface area contributed by atoms with Gasteiger partial charge in [-0.05, 0) is 44.5 Å². The van der Waals surface area contributed by atoms with Crippen LogP contribution in [0.2, 0.25) is 0 Å². The molecule has 1 saturated heterocycles. The first-order chi connectivity index (χ1) is 9.41. The van der Waals surface area contributed by atoms with Crippen LogP contribution in [0, 0.1) is 5.82 Å². The van der Waals surface area contributed by atoms with Gasteiger partial charge in [0.15, 0.2) is 0 Å². The molecule has 2 nitrogen and oxygen atoms in total. The number of nitrogens with one attached hydrogen (secondary N) is 1. The van der Waals surface area contributed by atoms with Crippen LogP contribution in [0.25, 0.3) is 0 Å². The molecule has 1 aliphatic rings. The topological polar surface area (TPSA) is 15.3 Å². The molecule has 1 atom stereocenters. The molecule has 1 aromatic rings. The highest BCUT2D eigenvalue weighted by molar-refractivity contribution is 5.49. The number of rotatable bonds is 4. The van der Waals surface area contributed by atoms with Crippen molar-refractivity contribution in [2.24, 2.45) is 0 Å². The summed E-state index contributed by atoms with van der Waals surface area (Å²) < 4.78 is 51.5. The highest BCUT2D eigenvalue weighted by Gasteiger charge is 2.31. The lowest BCUT2D eigenvalue weighted by Gasteiger charge is -2.27. The molecule has 1 aliphatic heterocycles. The Labute approximate surface area is 115 Å². The first-order valence-corrected chi connectivity index (χ1v) is 6.77. The summed E-state index contributed by atoms with van der Waals surface area (Å²) >= 11 is 0. The second-order valence-electron chi connectivity index (χ2n) is 5.00. The van der Waals surface area contributed by atoms with E-state index in [1.54, 1.807) is 4.90 Å². The summed E-state index contributed by atoms with van der Waals surface area (Å²) in [5.41, 5.74) is -0.719. The SMILES string of the molecule is CCN(CC1CCCN1)c1ccc(C(F)(F)F)cc1F. The molecule has 0 aliphatic carbocycles. The molecule has 0 bridgehead atoms. The van der Waals surface area contributed by atoms with Crippen molar-refractivity contribution < 1.29 is 17.6 Å². The number of nitrogens with zero attached hydrogens (tertiary/aromatic N) is 1. The third-order valence-electron chi connectivity index (χ3n) is 3.60. The number of likely N-dealkylation sites (N-methyl/N-ethyl adjacent to an activating group) is 1. The van der Waals surface area contributed by atoms with Gasteiger partial charge in [0, 0.05) is 19.1 Å². The Morgan fingerprint density at radius 2 is 2.10 bits per heavy atom. The van der Waals surface area contributed by atoms with Crippen molar-refractivity contribution >= 4 is 5.69 Å². The van der Waals surface area contributed by atoms with E-state index in [0.717, 1.165) is 25.5 Å². The van der Waals surface area contributed by atoms with Crippen molar-refractivity contribution in [3.63, 3.8) is 0 Å². The van der Waals surface area contributed by atoms with Gasteiger partial charge in [0.1, 0.15) is 5.82 Å². The molecule has 0 radical (unpaired) electrons. The predicted molar refractivity (Wildman–Crippen MR) is 70.3 cm³/mol. The zero-order valence-corrected chi connectivity index (χ0v) is 11.3. The zero-order chi connectivity index (χ0) is 14.8. The van der Waals surface area contributed by atoms with E-state index in [4.69, 9.17) is 0 Å². The van der Waals surface area contributed by atoms with Crippen LogP contribution in [0.1, 0.15) is 25.3 Å². The summed E-state index contributed by atoms with van der Waals surface area (Å²) in [5, 5.41) is 3.30. The smallest absolute Gasteiger partial charge is 0.368 e. The molecule has 1 N–H and O–H groups in total. The van der Waals surface area contributed by atoms with Gasteiger partial charge in [0.25, 0.3) is 0 Å². The minimum absolute atomic E-state index is 0.231. The van der Waals surface area contributed by atoms with E-state index >= 15 is 0 Å². The number of anilines is 1. The fourth-order valence-corrected chi connectivity index (χ4v) is 2.52. The largest absolute Gasteiger partial charge is 0.416 e. The van der Waals surface area contributed by atoms with Crippen LogP contribution in [0.3, 0.4) is 0 Å². The van der Waals surface area contributed by atoms with E-state index < -0.39 is 17.6 Å². The Morgan fingerprint density at radius 3 is 2.60 bits per heavy atom. The summed E-state index contributed by atoms with van der Waals surface area (Å²) in [5.74, 6) is -0.820. The van der Waals surface area contributed by atoms with Gasteiger partial charge in [-0.3, -0.25) is 0 Å².